The monoisotopic (exact) mass is 416 g/mol. The minimum atomic E-state index is -4.43. The van der Waals surface area contributed by atoms with E-state index >= 15 is 0 Å². The van der Waals surface area contributed by atoms with Crippen LogP contribution in [-0.4, -0.2) is 24.3 Å². The summed E-state index contributed by atoms with van der Waals surface area (Å²) in [7, 11) is 0. The van der Waals surface area contributed by atoms with Crippen LogP contribution >= 0.6 is 0 Å². The summed E-state index contributed by atoms with van der Waals surface area (Å²) < 4.78 is 80.6. The molecule has 0 aliphatic carbocycles. The maximum Gasteiger partial charge on any atom is 0.422 e. The fourth-order valence-electron chi connectivity index (χ4n) is 3.02. The molecule has 3 rings (SSSR count). The summed E-state index contributed by atoms with van der Waals surface area (Å²) in [4.78, 5) is 2.70. The first kappa shape index (κ1) is 21.0. The molecular formula is C20H18F6N2O. The Morgan fingerprint density at radius 1 is 0.966 bits per heavy atom. The van der Waals surface area contributed by atoms with Crippen LogP contribution in [0.1, 0.15) is 16.7 Å². The number of hydrogen-bond donors (Lipinski definition) is 2. The summed E-state index contributed by atoms with van der Waals surface area (Å²) in [5.74, 6) is 0.123. The topological polar surface area (TPSA) is 37.0 Å². The van der Waals surface area contributed by atoms with Crippen molar-refractivity contribution in [3.8, 4) is 5.75 Å². The average Bonchev–Trinajstić information content (AvgIpc) is 3.06. The molecule has 3 aromatic rings. The Hall–Kier alpha value is -2.68. The molecule has 2 N–H and O–H groups in total. The van der Waals surface area contributed by atoms with Crippen LogP contribution in [-0.2, 0) is 19.1 Å². The zero-order valence-corrected chi connectivity index (χ0v) is 15.1. The molecule has 29 heavy (non-hydrogen) atoms. The highest BCUT2D eigenvalue weighted by molar-refractivity contribution is 5.86. The van der Waals surface area contributed by atoms with Gasteiger partial charge in [0.1, 0.15) is 5.75 Å². The number of hydrogen-bond acceptors (Lipinski definition) is 2. The molecule has 0 amide bonds. The van der Waals surface area contributed by atoms with Crippen LogP contribution in [0.4, 0.5) is 26.3 Å². The first-order valence-corrected chi connectivity index (χ1v) is 8.79. The highest BCUT2D eigenvalue weighted by Crippen LogP contribution is 2.35. The zero-order valence-electron chi connectivity index (χ0n) is 15.1. The van der Waals surface area contributed by atoms with E-state index in [1.807, 2.05) is 0 Å². The van der Waals surface area contributed by atoms with Crippen molar-refractivity contribution in [2.45, 2.75) is 25.3 Å². The molecule has 1 heterocycles. The molecule has 0 fully saturated rings. The fourth-order valence-corrected chi connectivity index (χ4v) is 3.02. The Kier molecular flexibility index (Phi) is 6.07. The highest BCUT2D eigenvalue weighted by Gasteiger charge is 2.33. The minimum absolute atomic E-state index is 0.0597. The number of fused-ring (bicyclic) bond motifs is 1. The van der Waals surface area contributed by atoms with Crippen LogP contribution in [0.5, 0.6) is 5.75 Å². The van der Waals surface area contributed by atoms with Gasteiger partial charge in [-0.1, -0.05) is 24.3 Å². The quantitative estimate of drug-likeness (QED) is 0.397. The molecule has 0 saturated carbocycles. The van der Waals surface area contributed by atoms with Crippen LogP contribution < -0.4 is 10.1 Å². The summed E-state index contributed by atoms with van der Waals surface area (Å²) in [6.45, 7) is -0.486. The largest absolute Gasteiger partial charge is 0.484 e. The van der Waals surface area contributed by atoms with Crippen molar-refractivity contribution in [2.75, 3.05) is 13.2 Å². The Balaban J connectivity index is 1.56. The van der Waals surface area contributed by atoms with Crippen LogP contribution in [0.25, 0.3) is 10.9 Å². The van der Waals surface area contributed by atoms with Crippen molar-refractivity contribution < 1.29 is 31.1 Å². The number of benzene rings is 2. The summed E-state index contributed by atoms with van der Waals surface area (Å²) >= 11 is 0. The molecule has 0 radical (unpaired) electrons. The van der Waals surface area contributed by atoms with Crippen LogP contribution in [0.3, 0.4) is 0 Å². The van der Waals surface area contributed by atoms with Gasteiger partial charge in [-0.3, -0.25) is 0 Å². The van der Waals surface area contributed by atoms with Crippen molar-refractivity contribution in [1.82, 2.24) is 10.3 Å². The lowest BCUT2D eigenvalue weighted by molar-refractivity contribution is -0.153. The molecule has 9 heteroatoms. The number of H-pyrrole nitrogens is 1. The number of aromatic amines is 1. The zero-order chi connectivity index (χ0) is 21.1. The fraction of sp³-hybridized carbons (Fsp3) is 0.300. The molecule has 3 nitrogen and oxygen atoms in total. The third-order valence-corrected chi connectivity index (χ3v) is 4.31. The number of ether oxygens (including phenoxy) is 1. The van der Waals surface area contributed by atoms with Gasteiger partial charge < -0.3 is 15.0 Å². The van der Waals surface area contributed by atoms with Gasteiger partial charge in [-0.05, 0) is 42.3 Å². The molecule has 0 atom stereocenters. The van der Waals surface area contributed by atoms with E-state index < -0.39 is 24.5 Å². The van der Waals surface area contributed by atoms with Crippen molar-refractivity contribution in [1.29, 1.82) is 0 Å². The van der Waals surface area contributed by atoms with Gasteiger partial charge in [0.2, 0.25) is 0 Å². The number of halogens is 6. The number of alkyl halides is 6. The second-order valence-corrected chi connectivity index (χ2v) is 6.52. The SMILES string of the molecule is FC(F)(F)COc1cccc(CNCCc2c[nH]c3c(C(F)(F)F)cccc23)c1. The number of aromatic nitrogens is 1. The molecule has 0 aliphatic rings. The normalized spacial score (nSPS) is 12.5. The summed E-state index contributed by atoms with van der Waals surface area (Å²) in [6.07, 6.45) is -6.78. The van der Waals surface area contributed by atoms with Gasteiger partial charge in [-0.2, -0.15) is 26.3 Å². The van der Waals surface area contributed by atoms with Gasteiger partial charge in [0.15, 0.2) is 6.61 Å². The highest BCUT2D eigenvalue weighted by atomic mass is 19.4. The van der Waals surface area contributed by atoms with Crippen molar-refractivity contribution in [2.24, 2.45) is 0 Å². The number of nitrogens with one attached hydrogen (secondary N) is 2. The van der Waals surface area contributed by atoms with Gasteiger partial charge >= 0.3 is 12.4 Å². The van der Waals surface area contributed by atoms with E-state index in [9.17, 15) is 26.3 Å². The van der Waals surface area contributed by atoms with E-state index in [1.165, 1.54) is 18.2 Å². The van der Waals surface area contributed by atoms with E-state index in [-0.39, 0.29) is 11.3 Å². The molecule has 0 spiro atoms. The van der Waals surface area contributed by atoms with Gasteiger partial charge in [0, 0.05) is 18.1 Å². The van der Waals surface area contributed by atoms with Crippen LogP contribution in [0, 0.1) is 0 Å². The smallest absolute Gasteiger partial charge is 0.422 e. The van der Waals surface area contributed by atoms with Crippen LogP contribution in [0.2, 0.25) is 0 Å². The van der Waals surface area contributed by atoms with E-state index in [4.69, 9.17) is 4.74 Å². The van der Waals surface area contributed by atoms with Crippen molar-refractivity contribution >= 4 is 10.9 Å². The van der Waals surface area contributed by atoms with E-state index in [1.54, 1.807) is 24.4 Å². The molecule has 0 aliphatic heterocycles. The average molecular weight is 416 g/mol. The summed E-state index contributed by atoms with van der Waals surface area (Å²) in [6, 6.07) is 10.4. The summed E-state index contributed by atoms with van der Waals surface area (Å²) in [5.41, 5.74) is 0.846. The Morgan fingerprint density at radius 2 is 1.72 bits per heavy atom. The number of rotatable bonds is 7. The standard InChI is InChI=1S/C20H18F6N2O/c21-19(22,23)12-29-15-4-1-3-13(9-15)10-27-8-7-14-11-28-18-16(14)5-2-6-17(18)20(24,25)26/h1-6,9,11,27-28H,7-8,10,12H2. The van der Waals surface area contributed by atoms with Crippen LogP contribution in [0.15, 0.2) is 48.7 Å². The maximum atomic E-state index is 13.1. The third-order valence-electron chi connectivity index (χ3n) is 4.31. The number of para-hydroxylation sites is 1. The van der Waals surface area contributed by atoms with E-state index in [0.29, 0.717) is 24.9 Å². The lowest BCUT2D eigenvalue weighted by Crippen LogP contribution is -2.19. The Morgan fingerprint density at radius 3 is 2.45 bits per heavy atom. The molecule has 2 aromatic carbocycles. The first-order valence-electron chi connectivity index (χ1n) is 8.79. The third kappa shape index (κ3) is 5.66. The second-order valence-electron chi connectivity index (χ2n) is 6.52. The van der Waals surface area contributed by atoms with Crippen molar-refractivity contribution in [3.63, 3.8) is 0 Å². The lowest BCUT2D eigenvalue weighted by atomic mass is 10.1. The van der Waals surface area contributed by atoms with Crippen molar-refractivity contribution in [3.05, 3.63) is 65.4 Å². The second kappa shape index (κ2) is 8.36. The predicted molar refractivity (Wildman–Crippen MR) is 96.7 cm³/mol. The van der Waals surface area contributed by atoms with E-state index in [2.05, 4.69) is 10.3 Å². The Bertz CT molecular complexity index is 961. The van der Waals surface area contributed by atoms with Gasteiger partial charge in [-0.25, -0.2) is 0 Å². The molecule has 156 valence electrons. The Labute approximate surface area is 162 Å². The molecule has 0 bridgehead atoms. The molecule has 0 saturated heterocycles. The van der Waals surface area contributed by atoms with E-state index in [0.717, 1.165) is 17.2 Å². The predicted octanol–water partition coefficient (Wildman–Crippen LogP) is 5.46. The van der Waals surface area contributed by atoms with Gasteiger partial charge in [0.05, 0.1) is 11.1 Å². The van der Waals surface area contributed by atoms with Gasteiger partial charge in [-0.15, -0.1) is 0 Å². The molecule has 1 aromatic heterocycles. The first-order chi connectivity index (χ1) is 13.6. The minimum Gasteiger partial charge on any atom is -0.484 e. The lowest BCUT2D eigenvalue weighted by Gasteiger charge is -2.11. The summed E-state index contributed by atoms with van der Waals surface area (Å²) in [5, 5.41) is 3.65. The molecular weight excluding hydrogens is 398 g/mol. The van der Waals surface area contributed by atoms with Gasteiger partial charge in [0.25, 0.3) is 0 Å². The maximum absolute atomic E-state index is 13.1. The molecule has 0 unspecified atom stereocenters.